The van der Waals surface area contributed by atoms with Crippen LogP contribution < -0.4 is 10.6 Å². The molecule has 0 aromatic heterocycles. The van der Waals surface area contributed by atoms with Crippen molar-refractivity contribution in [2.45, 2.75) is 44.6 Å². The number of piperidine rings is 1. The molecular weight excluding hydrogens is 272 g/mol. The van der Waals surface area contributed by atoms with Crippen LogP contribution in [-0.2, 0) is 12.8 Å². The number of benzene rings is 1. The molecule has 2 aliphatic rings. The molecule has 1 fully saturated rings. The van der Waals surface area contributed by atoms with Gasteiger partial charge < -0.3 is 10.6 Å². The summed E-state index contributed by atoms with van der Waals surface area (Å²) in [5.41, 5.74) is 3.49. The summed E-state index contributed by atoms with van der Waals surface area (Å²) in [6, 6.07) is 6.15. The van der Waals surface area contributed by atoms with E-state index >= 15 is 0 Å². The number of carbonyl (C=O) groups excluding carboxylic acids is 1. The number of halogens is 1. The van der Waals surface area contributed by atoms with Crippen molar-refractivity contribution >= 4 is 18.3 Å². The zero-order valence-corrected chi connectivity index (χ0v) is 12.8. The Morgan fingerprint density at radius 1 is 1.25 bits per heavy atom. The van der Waals surface area contributed by atoms with Crippen LogP contribution in [0.3, 0.4) is 0 Å². The van der Waals surface area contributed by atoms with Gasteiger partial charge in [-0.15, -0.1) is 12.4 Å². The lowest BCUT2D eigenvalue weighted by Crippen LogP contribution is -2.52. The first-order valence-corrected chi connectivity index (χ1v) is 7.32. The van der Waals surface area contributed by atoms with Crippen molar-refractivity contribution in [2.24, 2.45) is 0 Å². The number of nitrogens with one attached hydrogen (secondary N) is 2. The molecule has 1 aliphatic heterocycles. The number of carbonyl (C=O) groups is 1. The third-order valence-corrected chi connectivity index (χ3v) is 4.51. The zero-order chi connectivity index (χ0) is 13.3. The molecule has 1 aliphatic carbocycles. The van der Waals surface area contributed by atoms with Gasteiger partial charge in [-0.25, -0.2) is 0 Å². The molecule has 0 unspecified atom stereocenters. The van der Waals surface area contributed by atoms with Crippen molar-refractivity contribution in [2.75, 3.05) is 13.1 Å². The fourth-order valence-corrected chi connectivity index (χ4v) is 3.28. The van der Waals surface area contributed by atoms with Gasteiger partial charge in [0.15, 0.2) is 0 Å². The van der Waals surface area contributed by atoms with Crippen LogP contribution in [0.5, 0.6) is 0 Å². The molecule has 110 valence electrons. The molecule has 0 saturated carbocycles. The summed E-state index contributed by atoms with van der Waals surface area (Å²) < 4.78 is 0. The fraction of sp³-hybridized carbons (Fsp3) is 0.562. The molecule has 2 N–H and O–H groups in total. The molecule has 0 atom stereocenters. The summed E-state index contributed by atoms with van der Waals surface area (Å²) in [5, 5.41) is 6.61. The van der Waals surface area contributed by atoms with E-state index in [0.29, 0.717) is 0 Å². The molecule has 0 bridgehead atoms. The van der Waals surface area contributed by atoms with Gasteiger partial charge in [0, 0.05) is 11.1 Å². The highest BCUT2D eigenvalue weighted by atomic mass is 35.5. The zero-order valence-electron chi connectivity index (χ0n) is 12.0. The lowest BCUT2D eigenvalue weighted by Gasteiger charge is -2.35. The van der Waals surface area contributed by atoms with Crippen LogP contribution in [0.15, 0.2) is 18.2 Å². The summed E-state index contributed by atoms with van der Waals surface area (Å²) in [6.45, 7) is 4.14. The average molecular weight is 295 g/mol. The smallest absolute Gasteiger partial charge is 0.251 e. The molecule has 3 rings (SSSR count). The Bertz CT molecular complexity index is 495. The Morgan fingerprint density at radius 2 is 2.00 bits per heavy atom. The van der Waals surface area contributed by atoms with Gasteiger partial charge in [-0.05, 0) is 69.3 Å². The molecule has 0 radical (unpaired) electrons. The number of rotatable bonds is 2. The predicted octanol–water partition coefficient (Wildman–Crippen LogP) is 2.47. The number of amides is 1. The number of aryl methyl sites for hydroxylation is 1. The molecular formula is C16H23ClN2O. The number of fused-ring (bicyclic) bond motifs is 1. The summed E-state index contributed by atoms with van der Waals surface area (Å²) in [4.78, 5) is 12.5. The normalized spacial score (nSPS) is 19.9. The summed E-state index contributed by atoms with van der Waals surface area (Å²) >= 11 is 0. The van der Waals surface area contributed by atoms with Gasteiger partial charge in [0.05, 0.1) is 0 Å². The molecule has 1 saturated heterocycles. The second-order valence-corrected chi connectivity index (χ2v) is 6.06. The first-order valence-electron chi connectivity index (χ1n) is 7.32. The van der Waals surface area contributed by atoms with Crippen LogP contribution in [0, 0.1) is 0 Å². The Balaban J connectivity index is 0.00000147. The Kier molecular flexibility index (Phi) is 4.71. The van der Waals surface area contributed by atoms with Crippen LogP contribution in [0.25, 0.3) is 0 Å². The SMILES string of the molecule is CC1(NC(=O)c2cccc3c2CCC3)CCNCC1.Cl. The topological polar surface area (TPSA) is 41.1 Å². The van der Waals surface area contributed by atoms with Crippen LogP contribution in [-0.4, -0.2) is 24.5 Å². The van der Waals surface area contributed by atoms with Crippen molar-refractivity contribution in [3.8, 4) is 0 Å². The van der Waals surface area contributed by atoms with Crippen LogP contribution in [0.2, 0.25) is 0 Å². The first kappa shape index (κ1) is 15.3. The van der Waals surface area contributed by atoms with Gasteiger partial charge in [-0.3, -0.25) is 4.79 Å². The van der Waals surface area contributed by atoms with Crippen LogP contribution in [0.4, 0.5) is 0 Å². The molecule has 3 nitrogen and oxygen atoms in total. The van der Waals surface area contributed by atoms with Crippen molar-refractivity contribution < 1.29 is 4.79 Å². The van der Waals surface area contributed by atoms with Gasteiger partial charge in [-0.1, -0.05) is 12.1 Å². The number of hydrogen-bond acceptors (Lipinski definition) is 2. The van der Waals surface area contributed by atoms with Gasteiger partial charge >= 0.3 is 0 Å². The Hall–Kier alpha value is -1.06. The van der Waals surface area contributed by atoms with Gasteiger partial charge in [0.2, 0.25) is 0 Å². The van der Waals surface area contributed by atoms with Crippen molar-refractivity contribution in [1.82, 2.24) is 10.6 Å². The van der Waals surface area contributed by atoms with E-state index in [2.05, 4.69) is 23.6 Å². The minimum atomic E-state index is -0.0519. The second-order valence-electron chi connectivity index (χ2n) is 6.06. The van der Waals surface area contributed by atoms with Crippen LogP contribution in [0.1, 0.15) is 47.7 Å². The third-order valence-electron chi connectivity index (χ3n) is 4.51. The van der Waals surface area contributed by atoms with Gasteiger partial charge in [0.1, 0.15) is 0 Å². The van der Waals surface area contributed by atoms with E-state index in [-0.39, 0.29) is 23.9 Å². The summed E-state index contributed by atoms with van der Waals surface area (Å²) in [6.07, 6.45) is 5.37. The van der Waals surface area contributed by atoms with Crippen molar-refractivity contribution in [3.05, 3.63) is 34.9 Å². The minimum Gasteiger partial charge on any atom is -0.347 e. The molecule has 1 aromatic rings. The van der Waals surface area contributed by atoms with E-state index in [1.54, 1.807) is 0 Å². The molecule has 20 heavy (non-hydrogen) atoms. The third kappa shape index (κ3) is 2.99. The second kappa shape index (κ2) is 6.15. The maximum atomic E-state index is 12.5. The molecule has 1 aromatic carbocycles. The van der Waals surface area contributed by atoms with E-state index in [0.717, 1.165) is 44.3 Å². The highest BCUT2D eigenvalue weighted by Gasteiger charge is 2.29. The number of hydrogen-bond donors (Lipinski definition) is 2. The lowest BCUT2D eigenvalue weighted by atomic mass is 9.90. The largest absolute Gasteiger partial charge is 0.347 e. The van der Waals surface area contributed by atoms with E-state index in [4.69, 9.17) is 0 Å². The minimum absolute atomic E-state index is 0. The average Bonchev–Trinajstić information content (AvgIpc) is 2.86. The van der Waals surface area contributed by atoms with E-state index in [9.17, 15) is 4.79 Å². The fourth-order valence-electron chi connectivity index (χ4n) is 3.28. The highest BCUT2D eigenvalue weighted by Crippen LogP contribution is 2.26. The lowest BCUT2D eigenvalue weighted by molar-refractivity contribution is 0.0886. The first-order chi connectivity index (χ1) is 9.18. The molecule has 1 amide bonds. The Labute approximate surface area is 126 Å². The summed E-state index contributed by atoms with van der Waals surface area (Å²) in [7, 11) is 0. The van der Waals surface area contributed by atoms with Gasteiger partial charge in [-0.2, -0.15) is 0 Å². The quantitative estimate of drug-likeness (QED) is 0.880. The van der Waals surface area contributed by atoms with Gasteiger partial charge in [0.25, 0.3) is 5.91 Å². The van der Waals surface area contributed by atoms with E-state index in [1.165, 1.54) is 17.5 Å². The maximum absolute atomic E-state index is 12.5. The highest BCUT2D eigenvalue weighted by molar-refractivity contribution is 5.96. The van der Waals surface area contributed by atoms with E-state index < -0.39 is 0 Å². The standard InChI is InChI=1S/C16H22N2O.ClH/c1-16(8-10-17-11-9-16)18-15(19)14-7-3-5-12-4-2-6-13(12)14;/h3,5,7,17H,2,4,6,8-11H2,1H3,(H,18,19);1H. The Morgan fingerprint density at radius 3 is 2.75 bits per heavy atom. The monoisotopic (exact) mass is 294 g/mol. The van der Waals surface area contributed by atoms with Crippen LogP contribution >= 0.6 is 12.4 Å². The predicted molar refractivity (Wildman–Crippen MR) is 83.7 cm³/mol. The molecule has 4 heteroatoms. The van der Waals surface area contributed by atoms with Crippen molar-refractivity contribution in [3.63, 3.8) is 0 Å². The van der Waals surface area contributed by atoms with Crippen molar-refractivity contribution in [1.29, 1.82) is 0 Å². The maximum Gasteiger partial charge on any atom is 0.251 e. The summed E-state index contributed by atoms with van der Waals surface area (Å²) in [5.74, 6) is 0.114. The van der Waals surface area contributed by atoms with E-state index in [1.807, 2.05) is 12.1 Å². The molecule has 0 spiro atoms. The molecule has 1 heterocycles.